The molecular formula is C13H21N3O3. The van der Waals surface area contributed by atoms with E-state index < -0.39 is 0 Å². The average Bonchev–Trinajstić information content (AvgIpc) is 3.26. The molecule has 0 bridgehead atoms. The third-order valence-electron chi connectivity index (χ3n) is 4.18. The Kier molecular flexibility index (Phi) is 3.59. The number of hydrogen-bond donors (Lipinski definition) is 2. The van der Waals surface area contributed by atoms with Gasteiger partial charge in [0.25, 0.3) is 0 Å². The molecule has 2 N–H and O–H groups in total. The lowest BCUT2D eigenvalue weighted by atomic mass is 9.94. The van der Waals surface area contributed by atoms with Gasteiger partial charge < -0.3 is 20.3 Å². The number of carbonyl (C=O) groups is 2. The summed E-state index contributed by atoms with van der Waals surface area (Å²) in [5.74, 6) is 0.674. The highest BCUT2D eigenvalue weighted by Crippen LogP contribution is 2.36. The number of hydrogen-bond acceptors (Lipinski definition) is 3. The number of amides is 3. The fourth-order valence-electron chi connectivity index (χ4n) is 2.90. The summed E-state index contributed by atoms with van der Waals surface area (Å²) < 4.78 is 5.24. The van der Waals surface area contributed by atoms with Gasteiger partial charge in [-0.2, -0.15) is 0 Å². The summed E-state index contributed by atoms with van der Waals surface area (Å²) in [6.45, 7) is 2.53. The van der Waals surface area contributed by atoms with E-state index >= 15 is 0 Å². The van der Waals surface area contributed by atoms with Crippen LogP contribution in [0.15, 0.2) is 0 Å². The van der Waals surface area contributed by atoms with Gasteiger partial charge >= 0.3 is 6.03 Å². The Bertz CT molecular complexity index is 364. The molecule has 19 heavy (non-hydrogen) atoms. The van der Waals surface area contributed by atoms with E-state index in [4.69, 9.17) is 4.74 Å². The molecule has 2 saturated heterocycles. The molecule has 0 spiro atoms. The molecule has 6 nitrogen and oxygen atoms in total. The van der Waals surface area contributed by atoms with E-state index in [1.165, 1.54) is 0 Å². The van der Waals surface area contributed by atoms with Crippen LogP contribution in [0.2, 0.25) is 0 Å². The van der Waals surface area contributed by atoms with Crippen molar-refractivity contribution >= 4 is 11.9 Å². The van der Waals surface area contributed by atoms with Gasteiger partial charge in [-0.15, -0.1) is 0 Å². The number of piperidine rings is 1. The molecular weight excluding hydrogens is 246 g/mol. The summed E-state index contributed by atoms with van der Waals surface area (Å²) in [4.78, 5) is 25.5. The fourth-order valence-corrected chi connectivity index (χ4v) is 2.90. The molecule has 0 unspecified atom stereocenters. The van der Waals surface area contributed by atoms with E-state index in [1.54, 1.807) is 4.90 Å². The zero-order chi connectivity index (χ0) is 13.2. The quantitative estimate of drug-likeness (QED) is 0.744. The third-order valence-corrected chi connectivity index (χ3v) is 4.18. The summed E-state index contributed by atoms with van der Waals surface area (Å²) in [7, 11) is 0. The number of urea groups is 1. The first kappa shape index (κ1) is 12.7. The van der Waals surface area contributed by atoms with Gasteiger partial charge in [-0.3, -0.25) is 4.79 Å². The smallest absolute Gasteiger partial charge is 0.317 e. The number of rotatable bonds is 2. The van der Waals surface area contributed by atoms with E-state index in [1.807, 2.05) is 0 Å². The van der Waals surface area contributed by atoms with Gasteiger partial charge in [-0.1, -0.05) is 0 Å². The van der Waals surface area contributed by atoms with Crippen LogP contribution >= 0.6 is 0 Å². The van der Waals surface area contributed by atoms with Crippen molar-refractivity contribution < 1.29 is 14.3 Å². The van der Waals surface area contributed by atoms with E-state index in [9.17, 15) is 9.59 Å². The van der Waals surface area contributed by atoms with E-state index in [0.29, 0.717) is 38.6 Å². The molecule has 3 rings (SSSR count). The minimum absolute atomic E-state index is 0.0184. The summed E-state index contributed by atoms with van der Waals surface area (Å²) in [6, 6.07) is 0.196. The van der Waals surface area contributed by atoms with Crippen molar-refractivity contribution in [2.24, 2.45) is 5.92 Å². The average molecular weight is 267 g/mol. The van der Waals surface area contributed by atoms with Crippen LogP contribution in [0.4, 0.5) is 4.79 Å². The van der Waals surface area contributed by atoms with Crippen molar-refractivity contribution in [2.75, 3.05) is 26.3 Å². The van der Waals surface area contributed by atoms with Gasteiger partial charge in [0.1, 0.15) is 0 Å². The molecule has 1 aliphatic carbocycles. The summed E-state index contributed by atoms with van der Waals surface area (Å²) in [6.07, 6.45) is 3.59. The zero-order valence-corrected chi connectivity index (χ0v) is 11.1. The normalized spacial score (nSPS) is 31.8. The molecule has 2 aliphatic heterocycles. The number of nitrogens with zero attached hydrogens (tertiary/aromatic N) is 1. The van der Waals surface area contributed by atoms with Crippen molar-refractivity contribution in [1.29, 1.82) is 0 Å². The van der Waals surface area contributed by atoms with Gasteiger partial charge in [-0.05, 0) is 25.2 Å². The van der Waals surface area contributed by atoms with E-state index in [0.717, 1.165) is 19.3 Å². The lowest BCUT2D eigenvalue weighted by Gasteiger charge is -2.35. The van der Waals surface area contributed by atoms with Crippen LogP contribution in [0, 0.1) is 5.92 Å². The van der Waals surface area contributed by atoms with Crippen molar-refractivity contribution in [3.8, 4) is 0 Å². The topological polar surface area (TPSA) is 70.7 Å². The van der Waals surface area contributed by atoms with Crippen LogP contribution < -0.4 is 10.6 Å². The molecule has 2 atom stereocenters. The molecule has 3 aliphatic rings. The monoisotopic (exact) mass is 267 g/mol. The Balaban J connectivity index is 1.57. The Morgan fingerprint density at radius 2 is 2.00 bits per heavy atom. The Morgan fingerprint density at radius 1 is 1.26 bits per heavy atom. The molecule has 0 aromatic heterocycles. The predicted molar refractivity (Wildman–Crippen MR) is 68.6 cm³/mol. The molecule has 0 radical (unpaired) electrons. The molecule has 106 valence electrons. The Labute approximate surface area is 112 Å². The second-order valence-corrected chi connectivity index (χ2v) is 5.62. The van der Waals surface area contributed by atoms with Gasteiger partial charge in [0.15, 0.2) is 0 Å². The summed E-state index contributed by atoms with van der Waals surface area (Å²) in [5.41, 5.74) is 0. The highest BCUT2D eigenvalue weighted by atomic mass is 16.5. The van der Waals surface area contributed by atoms with Gasteiger partial charge in [0.2, 0.25) is 5.91 Å². The molecule has 3 amide bonds. The Morgan fingerprint density at radius 3 is 2.68 bits per heavy atom. The van der Waals surface area contributed by atoms with Crippen LogP contribution in [0.1, 0.15) is 25.7 Å². The fraction of sp³-hybridized carbons (Fsp3) is 0.846. The SMILES string of the molecule is O=C1CC[C@H](NC(=O)N2CCOCC2)[C@@H](C2CC2)N1. The highest BCUT2D eigenvalue weighted by Gasteiger charge is 2.41. The number of carbonyl (C=O) groups excluding carboxylic acids is 2. The maximum Gasteiger partial charge on any atom is 0.317 e. The van der Waals surface area contributed by atoms with Crippen molar-refractivity contribution in [3.05, 3.63) is 0 Å². The molecule has 0 aromatic carbocycles. The van der Waals surface area contributed by atoms with Crippen molar-refractivity contribution in [1.82, 2.24) is 15.5 Å². The molecule has 6 heteroatoms. The molecule has 1 saturated carbocycles. The largest absolute Gasteiger partial charge is 0.378 e. The predicted octanol–water partition coefficient (Wildman–Crippen LogP) is 0.0854. The second kappa shape index (κ2) is 5.36. The number of morpholine rings is 1. The van der Waals surface area contributed by atoms with Gasteiger partial charge in [-0.25, -0.2) is 4.79 Å². The van der Waals surface area contributed by atoms with Crippen LogP contribution in [-0.2, 0) is 9.53 Å². The van der Waals surface area contributed by atoms with Crippen LogP contribution in [0.5, 0.6) is 0 Å². The number of ether oxygens (including phenoxy) is 1. The highest BCUT2D eigenvalue weighted by molar-refractivity contribution is 5.79. The first-order valence-corrected chi connectivity index (χ1v) is 7.16. The van der Waals surface area contributed by atoms with E-state index in [2.05, 4.69) is 10.6 Å². The van der Waals surface area contributed by atoms with Gasteiger partial charge in [0.05, 0.1) is 25.3 Å². The lowest BCUT2D eigenvalue weighted by Crippen LogP contribution is -2.59. The maximum absolute atomic E-state index is 12.2. The first-order chi connectivity index (χ1) is 9.24. The van der Waals surface area contributed by atoms with Crippen molar-refractivity contribution in [2.45, 2.75) is 37.8 Å². The standard InChI is InChI=1S/C13H21N3O3/c17-11-4-3-10(12(15-11)9-1-2-9)14-13(18)16-5-7-19-8-6-16/h9-10,12H,1-8H2,(H,14,18)(H,15,17)/t10-,12+/m0/s1. The van der Waals surface area contributed by atoms with Crippen LogP contribution in [0.25, 0.3) is 0 Å². The third kappa shape index (κ3) is 3.00. The summed E-state index contributed by atoms with van der Waals surface area (Å²) in [5, 5.41) is 6.14. The van der Waals surface area contributed by atoms with Crippen LogP contribution in [-0.4, -0.2) is 55.2 Å². The van der Waals surface area contributed by atoms with E-state index in [-0.39, 0.29) is 24.0 Å². The minimum Gasteiger partial charge on any atom is -0.378 e. The molecule has 3 fully saturated rings. The summed E-state index contributed by atoms with van der Waals surface area (Å²) >= 11 is 0. The molecule has 2 heterocycles. The van der Waals surface area contributed by atoms with Crippen molar-refractivity contribution in [3.63, 3.8) is 0 Å². The zero-order valence-electron chi connectivity index (χ0n) is 11.1. The molecule has 0 aromatic rings. The Hall–Kier alpha value is -1.30. The minimum atomic E-state index is -0.0184. The number of nitrogens with one attached hydrogen (secondary N) is 2. The van der Waals surface area contributed by atoms with Crippen LogP contribution in [0.3, 0.4) is 0 Å². The maximum atomic E-state index is 12.2. The second-order valence-electron chi connectivity index (χ2n) is 5.62. The first-order valence-electron chi connectivity index (χ1n) is 7.16. The lowest BCUT2D eigenvalue weighted by molar-refractivity contribution is -0.124. The van der Waals surface area contributed by atoms with Gasteiger partial charge in [0, 0.05) is 19.5 Å².